The second-order valence-electron chi connectivity index (χ2n) is 4.95. The van der Waals surface area contributed by atoms with Crippen molar-refractivity contribution in [3.63, 3.8) is 0 Å². The van der Waals surface area contributed by atoms with Crippen LogP contribution in [0.1, 0.15) is 34.1 Å². The molecule has 0 atom stereocenters. The smallest absolute Gasteiger partial charge is 0.263 e. The van der Waals surface area contributed by atoms with Gasteiger partial charge in [-0.1, -0.05) is 13.0 Å². The molecular formula is C16H14ClF2NO2. The topological polar surface area (TPSA) is 39.1 Å². The maximum Gasteiger partial charge on any atom is 0.263 e. The lowest BCUT2D eigenvalue weighted by atomic mass is 10.1. The minimum Gasteiger partial charge on any atom is -0.307 e. The van der Waals surface area contributed by atoms with E-state index >= 15 is 0 Å². The van der Waals surface area contributed by atoms with Crippen molar-refractivity contribution in [2.24, 2.45) is 0 Å². The molecule has 0 N–H and O–H groups in total. The van der Waals surface area contributed by atoms with Gasteiger partial charge in [-0.15, -0.1) is 0 Å². The molecule has 22 heavy (non-hydrogen) atoms. The molecule has 0 amide bonds. The van der Waals surface area contributed by atoms with Gasteiger partial charge >= 0.3 is 0 Å². The molecule has 0 bridgehead atoms. The quantitative estimate of drug-likeness (QED) is 0.808. The highest BCUT2D eigenvalue weighted by Gasteiger charge is 2.16. The summed E-state index contributed by atoms with van der Waals surface area (Å²) in [6, 6.07) is 4.89. The van der Waals surface area contributed by atoms with Crippen molar-refractivity contribution in [2.45, 2.75) is 26.8 Å². The van der Waals surface area contributed by atoms with Gasteiger partial charge < -0.3 is 4.57 Å². The van der Waals surface area contributed by atoms with E-state index in [1.807, 2.05) is 6.92 Å². The zero-order chi connectivity index (χ0) is 16.4. The number of rotatable bonds is 4. The van der Waals surface area contributed by atoms with E-state index in [0.29, 0.717) is 12.0 Å². The normalized spacial score (nSPS) is 10.8. The second kappa shape index (κ2) is 6.40. The van der Waals surface area contributed by atoms with E-state index in [1.54, 1.807) is 6.92 Å². The van der Waals surface area contributed by atoms with Gasteiger partial charge in [-0.2, -0.15) is 0 Å². The van der Waals surface area contributed by atoms with Crippen molar-refractivity contribution in [1.29, 1.82) is 0 Å². The molecule has 0 radical (unpaired) electrons. The van der Waals surface area contributed by atoms with Crippen LogP contribution in [0.25, 0.3) is 0 Å². The Labute approximate surface area is 131 Å². The highest BCUT2D eigenvalue weighted by Crippen LogP contribution is 2.14. The number of halogens is 3. The van der Waals surface area contributed by atoms with Gasteiger partial charge in [0.15, 0.2) is 11.6 Å². The lowest BCUT2D eigenvalue weighted by molar-refractivity contribution is 0.107. The number of aryl methyl sites for hydroxylation is 1. The van der Waals surface area contributed by atoms with Gasteiger partial charge in [0.25, 0.3) is 10.8 Å². The summed E-state index contributed by atoms with van der Waals surface area (Å²) in [5, 5.41) is -0.838. The molecule has 1 aromatic carbocycles. The number of carbonyl (C=O) groups is 1. The summed E-state index contributed by atoms with van der Waals surface area (Å²) < 4.78 is 27.7. The Morgan fingerprint density at radius 3 is 2.45 bits per heavy atom. The first-order valence-electron chi connectivity index (χ1n) is 6.72. The molecule has 2 aromatic rings. The van der Waals surface area contributed by atoms with E-state index in [0.717, 1.165) is 23.4 Å². The van der Waals surface area contributed by atoms with Gasteiger partial charge in [0.2, 0.25) is 0 Å². The molecule has 1 heterocycles. The summed E-state index contributed by atoms with van der Waals surface area (Å²) in [7, 11) is 0. The van der Waals surface area contributed by atoms with Crippen molar-refractivity contribution < 1.29 is 13.6 Å². The van der Waals surface area contributed by atoms with Crippen LogP contribution in [0.2, 0.25) is 0 Å². The van der Waals surface area contributed by atoms with E-state index < -0.39 is 22.4 Å². The Kier molecular flexibility index (Phi) is 4.76. The van der Waals surface area contributed by atoms with Crippen LogP contribution in [0.15, 0.2) is 29.1 Å². The van der Waals surface area contributed by atoms with Crippen molar-refractivity contribution >= 4 is 16.8 Å². The molecule has 0 fully saturated rings. The van der Waals surface area contributed by atoms with Crippen LogP contribution in [-0.2, 0) is 13.0 Å². The first-order valence-corrected chi connectivity index (χ1v) is 7.10. The number of aromatic nitrogens is 1. The number of carbonyl (C=O) groups excluding carboxylic acids is 1. The molecule has 3 nitrogen and oxygen atoms in total. The third kappa shape index (κ3) is 3.09. The van der Waals surface area contributed by atoms with Crippen LogP contribution in [0.3, 0.4) is 0 Å². The Morgan fingerprint density at radius 2 is 1.91 bits per heavy atom. The summed E-state index contributed by atoms with van der Waals surface area (Å²) in [5.74, 6) is -1.93. The highest BCUT2D eigenvalue weighted by molar-refractivity contribution is 6.67. The van der Waals surface area contributed by atoms with Crippen LogP contribution in [0.4, 0.5) is 8.78 Å². The van der Waals surface area contributed by atoms with Crippen LogP contribution >= 0.6 is 11.6 Å². The Morgan fingerprint density at radius 1 is 1.23 bits per heavy atom. The van der Waals surface area contributed by atoms with Crippen LogP contribution in [0.5, 0.6) is 0 Å². The Balaban J connectivity index is 2.60. The molecule has 1 aromatic heterocycles. The van der Waals surface area contributed by atoms with Gasteiger partial charge in [-0.25, -0.2) is 8.78 Å². The standard InChI is InChI=1S/C16H14ClF2NO2/c1-3-14-9(2)6-11(15(17)21)16(22)20(14)8-10-4-5-12(18)13(19)7-10/h4-7H,3,8H2,1-2H3. The largest absolute Gasteiger partial charge is 0.307 e. The minimum atomic E-state index is -0.982. The third-order valence-electron chi connectivity index (χ3n) is 3.49. The van der Waals surface area contributed by atoms with Crippen molar-refractivity contribution in [2.75, 3.05) is 0 Å². The fourth-order valence-corrected chi connectivity index (χ4v) is 2.58. The molecule has 0 unspecified atom stereocenters. The van der Waals surface area contributed by atoms with Crippen LogP contribution in [0, 0.1) is 18.6 Å². The average Bonchev–Trinajstić information content (AvgIpc) is 2.46. The third-order valence-corrected chi connectivity index (χ3v) is 3.69. The van der Waals surface area contributed by atoms with Gasteiger partial charge in [-0.3, -0.25) is 9.59 Å². The van der Waals surface area contributed by atoms with Gasteiger partial charge in [0, 0.05) is 5.69 Å². The van der Waals surface area contributed by atoms with Crippen LogP contribution in [-0.4, -0.2) is 9.81 Å². The zero-order valence-electron chi connectivity index (χ0n) is 12.1. The molecule has 0 saturated carbocycles. The number of hydrogen-bond donors (Lipinski definition) is 0. The molecule has 6 heteroatoms. The summed E-state index contributed by atoms with van der Waals surface area (Å²) >= 11 is 5.44. The molecule has 0 aliphatic carbocycles. The fraction of sp³-hybridized carbons (Fsp3) is 0.250. The summed E-state index contributed by atoms with van der Waals surface area (Å²) in [4.78, 5) is 23.8. The van der Waals surface area contributed by atoms with E-state index in [1.165, 1.54) is 16.7 Å². The molecule has 116 valence electrons. The first-order chi connectivity index (χ1) is 10.3. The zero-order valence-corrected chi connectivity index (χ0v) is 12.9. The van der Waals surface area contributed by atoms with Gasteiger partial charge in [0.1, 0.15) is 0 Å². The lowest BCUT2D eigenvalue weighted by Gasteiger charge is -2.15. The Hall–Kier alpha value is -2.01. The molecular weight excluding hydrogens is 312 g/mol. The average molecular weight is 326 g/mol. The van der Waals surface area contributed by atoms with E-state index in [2.05, 4.69) is 0 Å². The molecule has 0 aliphatic rings. The van der Waals surface area contributed by atoms with Gasteiger partial charge in [0.05, 0.1) is 12.1 Å². The molecule has 2 rings (SSSR count). The number of hydrogen-bond acceptors (Lipinski definition) is 2. The monoisotopic (exact) mass is 325 g/mol. The SMILES string of the molecule is CCc1c(C)cc(C(=O)Cl)c(=O)n1Cc1ccc(F)c(F)c1. The molecule has 0 aliphatic heterocycles. The number of pyridine rings is 1. The maximum absolute atomic E-state index is 13.3. The van der Waals surface area contributed by atoms with Gasteiger partial charge in [-0.05, 0) is 54.3 Å². The summed E-state index contributed by atoms with van der Waals surface area (Å²) in [6.45, 7) is 3.67. The molecule has 0 spiro atoms. The highest BCUT2D eigenvalue weighted by atomic mass is 35.5. The fourth-order valence-electron chi connectivity index (χ4n) is 2.44. The Bertz CT molecular complexity index is 799. The summed E-state index contributed by atoms with van der Waals surface area (Å²) in [5.41, 5.74) is 1.23. The number of nitrogens with zero attached hydrogens (tertiary/aromatic N) is 1. The van der Waals surface area contributed by atoms with E-state index in [9.17, 15) is 18.4 Å². The maximum atomic E-state index is 13.3. The van der Waals surface area contributed by atoms with E-state index in [4.69, 9.17) is 11.6 Å². The lowest BCUT2D eigenvalue weighted by Crippen LogP contribution is -2.29. The van der Waals surface area contributed by atoms with Crippen molar-refractivity contribution in [3.8, 4) is 0 Å². The van der Waals surface area contributed by atoms with Crippen molar-refractivity contribution in [3.05, 3.63) is 68.6 Å². The molecule has 0 saturated heterocycles. The second-order valence-corrected chi connectivity index (χ2v) is 5.30. The predicted octanol–water partition coefficient (Wildman–Crippen LogP) is 3.42. The number of benzene rings is 1. The van der Waals surface area contributed by atoms with Crippen LogP contribution < -0.4 is 5.56 Å². The summed E-state index contributed by atoms with van der Waals surface area (Å²) in [6.07, 6.45) is 0.557. The van der Waals surface area contributed by atoms with Crippen molar-refractivity contribution in [1.82, 2.24) is 4.57 Å². The first kappa shape index (κ1) is 16.4. The minimum absolute atomic E-state index is 0.0397. The predicted molar refractivity (Wildman–Crippen MR) is 80.5 cm³/mol. The van der Waals surface area contributed by atoms with E-state index in [-0.39, 0.29) is 12.1 Å².